The van der Waals surface area contributed by atoms with Crippen molar-refractivity contribution in [3.8, 4) is 0 Å². The fourth-order valence-electron chi connectivity index (χ4n) is 1.78. The van der Waals surface area contributed by atoms with E-state index in [1.807, 2.05) is 0 Å². The number of aromatic nitrogens is 4. The summed E-state index contributed by atoms with van der Waals surface area (Å²) < 4.78 is 0. The third kappa shape index (κ3) is 3.91. The largest absolute Gasteiger partial charge is 0.368 e. The van der Waals surface area contributed by atoms with Crippen LogP contribution in [0.2, 0.25) is 0 Å². The molecule has 0 bridgehead atoms. The summed E-state index contributed by atoms with van der Waals surface area (Å²) in [6, 6.07) is 0. The maximum Gasteiger partial charge on any atom is 0.221 e. The molecule has 0 aromatic carbocycles. The molecule has 0 atom stereocenters. The van der Waals surface area contributed by atoms with E-state index in [0.717, 1.165) is 18.5 Å². The SMILES string of the molecule is CC(C)CCNC(=O)CCNc1ncnc2nc[nH]c12. The number of nitrogens with one attached hydrogen (secondary N) is 3. The van der Waals surface area contributed by atoms with E-state index >= 15 is 0 Å². The Kier molecular flexibility index (Phi) is 4.86. The van der Waals surface area contributed by atoms with Gasteiger partial charge in [-0.15, -0.1) is 0 Å². The van der Waals surface area contributed by atoms with Crippen LogP contribution in [0.3, 0.4) is 0 Å². The molecule has 0 radical (unpaired) electrons. The van der Waals surface area contributed by atoms with Crippen LogP contribution in [0, 0.1) is 5.92 Å². The van der Waals surface area contributed by atoms with Gasteiger partial charge in [0.05, 0.1) is 6.33 Å². The van der Waals surface area contributed by atoms with Gasteiger partial charge in [-0.1, -0.05) is 13.8 Å². The summed E-state index contributed by atoms with van der Waals surface area (Å²) in [7, 11) is 0. The van der Waals surface area contributed by atoms with Gasteiger partial charge in [-0.3, -0.25) is 4.79 Å². The molecular weight excluding hydrogens is 256 g/mol. The fourth-order valence-corrected chi connectivity index (χ4v) is 1.78. The second-order valence-corrected chi connectivity index (χ2v) is 5.03. The van der Waals surface area contributed by atoms with Crippen LogP contribution in [0.5, 0.6) is 0 Å². The molecule has 0 fully saturated rings. The van der Waals surface area contributed by atoms with Crippen LogP contribution >= 0.6 is 0 Å². The molecule has 0 spiro atoms. The zero-order chi connectivity index (χ0) is 14.4. The van der Waals surface area contributed by atoms with Gasteiger partial charge in [-0.25, -0.2) is 15.0 Å². The summed E-state index contributed by atoms with van der Waals surface area (Å²) in [4.78, 5) is 26.8. The van der Waals surface area contributed by atoms with Gasteiger partial charge < -0.3 is 15.6 Å². The Morgan fingerprint density at radius 3 is 2.95 bits per heavy atom. The molecule has 2 heterocycles. The maximum atomic E-state index is 11.6. The minimum absolute atomic E-state index is 0.0491. The average Bonchev–Trinajstić information content (AvgIpc) is 2.87. The van der Waals surface area contributed by atoms with Crippen molar-refractivity contribution in [2.75, 3.05) is 18.4 Å². The number of aromatic amines is 1. The van der Waals surface area contributed by atoms with Gasteiger partial charge in [0.2, 0.25) is 5.91 Å². The first kappa shape index (κ1) is 14.2. The Morgan fingerprint density at radius 1 is 1.30 bits per heavy atom. The number of anilines is 1. The first-order valence-electron chi connectivity index (χ1n) is 6.81. The Labute approximate surface area is 117 Å². The van der Waals surface area contributed by atoms with Crippen molar-refractivity contribution in [1.82, 2.24) is 25.3 Å². The summed E-state index contributed by atoms with van der Waals surface area (Å²) in [5, 5.41) is 6.02. The van der Waals surface area contributed by atoms with E-state index in [0.29, 0.717) is 30.3 Å². The molecule has 1 amide bonds. The van der Waals surface area contributed by atoms with Gasteiger partial charge in [-0.05, 0) is 12.3 Å². The molecule has 3 N–H and O–H groups in total. The lowest BCUT2D eigenvalue weighted by Crippen LogP contribution is -2.27. The topological polar surface area (TPSA) is 95.6 Å². The summed E-state index contributed by atoms with van der Waals surface area (Å²) in [6.45, 7) is 5.53. The van der Waals surface area contributed by atoms with E-state index in [9.17, 15) is 4.79 Å². The van der Waals surface area contributed by atoms with Crippen LogP contribution in [0.25, 0.3) is 11.2 Å². The summed E-state index contributed by atoms with van der Waals surface area (Å²) >= 11 is 0. The maximum absolute atomic E-state index is 11.6. The molecule has 0 aliphatic rings. The van der Waals surface area contributed by atoms with Gasteiger partial charge in [0.25, 0.3) is 0 Å². The molecule has 0 unspecified atom stereocenters. The standard InChI is InChI=1S/C13H20N6O/c1-9(2)3-5-14-10(20)4-6-15-12-11-13(17-7-16-11)19-8-18-12/h7-9H,3-6H2,1-2H3,(H,14,20)(H2,15,16,17,18,19). The van der Waals surface area contributed by atoms with Gasteiger partial charge >= 0.3 is 0 Å². The number of hydrogen-bond donors (Lipinski definition) is 3. The second kappa shape index (κ2) is 6.83. The molecule has 0 saturated carbocycles. The molecule has 0 saturated heterocycles. The smallest absolute Gasteiger partial charge is 0.221 e. The van der Waals surface area contributed by atoms with E-state index in [2.05, 4.69) is 44.4 Å². The highest BCUT2D eigenvalue weighted by Crippen LogP contribution is 2.13. The van der Waals surface area contributed by atoms with Gasteiger partial charge in [0, 0.05) is 19.5 Å². The second-order valence-electron chi connectivity index (χ2n) is 5.03. The fraction of sp³-hybridized carbons (Fsp3) is 0.538. The predicted octanol–water partition coefficient (Wildman–Crippen LogP) is 1.32. The third-order valence-corrected chi connectivity index (χ3v) is 2.91. The number of nitrogens with zero attached hydrogens (tertiary/aromatic N) is 3. The molecule has 0 aliphatic carbocycles. The number of carbonyl (C=O) groups excluding carboxylic acids is 1. The minimum Gasteiger partial charge on any atom is -0.368 e. The number of rotatable bonds is 7. The Balaban J connectivity index is 1.75. The lowest BCUT2D eigenvalue weighted by Gasteiger charge is -2.08. The van der Waals surface area contributed by atoms with Crippen LogP contribution in [0.15, 0.2) is 12.7 Å². The van der Waals surface area contributed by atoms with Gasteiger partial charge in [0.1, 0.15) is 11.8 Å². The number of H-pyrrole nitrogens is 1. The zero-order valence-corrected chi connectivity index (χ0v) is 11.8. The Bertz CT molecular complexity index is 565. The molecule has 2 aromatic heterocycles. The molecule has 2 rings (SSSR count). The van der Waals surface area contributed by atoms with Crippen molar-refractivity contribution in [2.45, 2.75) is 26.7 Å². The van der Waals surface area contributed by atoms with Crippen LogP contribution in [0.4, 0.5) is 5.82 Å². The Hall–Kier alpha value is -2.18. The van der Waals surface area contributed by atoms with Crippen molar-refractivity contribution in [3.63, 3.8) is 0 Å². The highest BCUT2D eigenvalue weighted by molar-refractivity contribution is 5.82. The molecule has 2 aromatic rings. The van der Waals surface area contributed by atoms with Crippen molar-refractivity contribution >= 4 is 22.9 Å². The highest BCUT2D eigenvalue weighted by atomic mass is 16.1. The normalized spacial score (nSPS) is 10.9. The Morgan fingerprint density at radius 2 is 2.15 bits per heavy atom. The van der Waals surface area contributed by atoms with Crippen molar-refractivity contribution in [2.24, 2.45) is 5.92 Å². The van der Waals surface area contributed by atoms with E-state index in [1.165, 1.54) is 6.33 Å². The third-order valence-electron chi connectivity index (χ3n) is 2.91. The number of imidazole rings is 1. The molecule has 20 heavy (non-hydrogen) atoms. The monoisotopic (exact) mass is 276 g/mol. The van der Waals surface area contributed by atoms with Crippen LogP contribution in [-0.2, 0) is 4.79 Å². The zero-order valence-electron chi connectivity index (χ0n) is 11.8. The molecule has 108 valence electrons. The van der Waals surface area contributed by atoms with Crippen molar-refractivity contribution in [1.29, 1.82) is 0 Å². The molecule has 7 heteroatoms. The van der Waals surface area contributed by atoms with E-state index in [-0.39, 0.29) is 5.91 Å². The number of fused-ring (bicyclic) bond motifs is 1. The van der Waals surface area contributed by atoms with Crippen LogP contribution < -0.4 is 10.6 Å². The van der Waals surface area contributed by atoms with E-state index < -0.39 is 0 Å². The van der Waals surface area contributed by atoms with Crippen molar-refractivity contribution < 1.29 is 4.79 Å². The summed E-state index contributed by atoms with van der Waals surface area (Å²) in [5.41, 5.74) is 1.37. The molecule has 0 aliphatic heterocycles. The molecular formula is C13H20N6O. The lowest BCUT2D eigenvalue weighted by atomic mass is 10.1. The number of amides is 1. The van der Waals surface area contributed by atoms with E-state index in [4.69, 9.17) is 0 Å². The van der Waals surface area contributed by atoms with E-state index in [1.54, 1.807) is 6.33 Å². The first-order valence-corrected chi connectivity index (χ1v) is 6.81. The van der Waals surface area contributed by atoms with Crippen LogP contribution in [0.1, 0.15) is 26.7 Å². The summed E-state index contributed by atoms with van der Waals surface area (Å²) in [5.74, 6) is 1.32. The lowest BCUT2D eigenvalue weighted by molar-refractivity contribution is -0.120. The predicted molar refractivity (Wildman–Crippen MR) is 77.3 cm³/mol. The van der Waals surface area contributed by atoms with Gasteiger partial charge in [0.15, 0.2) is 11.5 Å². The highest BCUT2D eigenvalue weighted by Gasteiger charge is 2.06. The summed E-state index contributed by atoms with van der Waals surface area (Å²) in [6.07, 6.45) is 4.44. The minimum atomic E-state index is 0.0491. The average molecular weight is 276 g/mol. The number of carbonyl (C=O) groups is 1. The van der Waals surface area contributed by atoms with Crippen LogP contribution in [-0.4, -0.2) is 38.9 Å². The number of hydrogen-bond acceptors (Lipinski definition) is 5. The van der Waals surface area contributed by atoms with Gasteiger partial charge in [-0.2, -0.15) is 0 Å². The van der Waals surface area contributed by atoms with Crippen molar-refractivity contribution in [3.05, 3.63) is 12.7 Å². The molecule has 7 nitrogen and oxygen atoms in total. The first-order chi connectivity index (χ1) is 9.66. The quantitative estimate of drug-likeness (QED) is 0.708.